The van der Waals surface area contributed by atoms with Crippen LogP contribution in [0.4, 0.5) is 10.2 Å². The first-order valence-electron chi connectivity index (χ1n) is 7.89. The van der Waals surface area contributed by atoms with E-state index in [0.29, 0.717) is 11.1 Å². The molecular formula is C17H18ClFN4O3S. The van der Waals surface area contributed by atoms with Crippen LogP contribution >= 0.6 is 11.6 Å². The van der Waals surface area contributed by atoms with Crippen molar-refractivity contribution in [2.24, 2.45) is 0 Å². The second-order valence-electron chi connectivity index (χ2n) is 6.90. The molecule has 0 aliphatic heterocycles. The predicted octanol–water partition coefficient (Wildman–Crippen LogP) is 3.35. The Balaban J connectivity index is 2.34. The summed E-state index contributed by atoms with van der Waals surface area (Å²) in [6.45, 7) is 4.77. The molecule has 0 saturated carbocycles. The van der Waals surface area contributed by atoms with Crippen LogP contribution in [0.5, 0.6) is 5.75 Å². The number of anilines is 1. The molecule has 0 aromatic carbocycles. The van der Waals surface area contributed by atoms with Crippen molar-refractivity contribution in [2.45, 2.75) is 30.4 Å². The third kappa shape index (κ3) is 3.10. The van der Waals surface area contributed by atoms with Gasteiger partial charge in [-0.2, -0.15) is 9.49 Å². The van der Waals surface area contributed by atoms with Gasteiger partial charge in [0.15, 0.2) is 15.6 Å². The third-order valence-electron chi connectivity index (χ3n) is 4.15. The van der Waals surface area contributed by atoms with Crippen molar-refractivity contribution in [3.63, 3.8) is 0 Å². The topological polar surface area (TPSA) is 99.6 Å². The highest BCUT2D eigenvalue weighted by Gasteiger charge is 2.34. The largest absolute Gasteiger partial charge is 0.494 e. The fourth-order valence-corrected chi connectivity index (χ4v) is 4.04. The molecule has 2 N–H and O–H groups in total. The monoisotopic (exact) mass is 412 g/mol. The second kappa shape index (κ2) is 6.35. The number of nitrogen functional groups attached to an aromatic ring is 1. The highest BCUT2D eigenvalue weighted by atomic mass is 35.5. The van der Waals surface area contributed by atoms with E-state index < -0.39 is 20.5 Å². The zero-order valence-corrected chi connectivity index (χ0v) is 16.7. The summed E-state index contributed by atoms with van der Waals surface area (Å²) >= 11 is 5.97. The summed E-state index contributed by atoms with van der Waals surface area (Å²) in [5.74, 6) is -0.823. The number of aromatic nitrogens is 3. The smallest absolute Gasteiger partial charge is 0.222 e. The summed E-state index contributed by atoms with van der Waals surface area (Å²) in [5, 5.41) is 4.24. The van der Waals surface area contributed by atoms with Crippen molar-refractivity contribution in [2.75, 3.05) is 12.8 Å². The van der Waals surface area contributed by atoms with Crippen LogP contribution in [0, 0.1) is 5.95 Å². The lowest BCUT2D eigenvalue weighted by Crippen LogP contribution is -2.28. The number of halogens is 2. The Hall–Kier alpha value is -2.39. The molecule has 3 aromatic rings. The van der Waals surface area contributed by atoms with Crippen LogP contribution < -0.4 is 10.5 Å². The molecule has 0 aliphatic rings. The van der Waals surface area contributed by atoms with Gasteiger partial charge in [-0.1, -0.05) is 11.6 Å². The number of hydrogen-bond donors (Lipinski definition) is 1. The van der Waals surface area contributed by atoms with E-state index in [0.717, 1.165) is 0 Å². The van der Waals surface area contributed by atoms with Crippen LogP contribution in [0.3, 0.4) is 0 Å². The van der Waals surface area contributed by atoms with Crippen molar-refractivity contribution in [1.29, 1.82) is 0 Å². The normalized spacial score (nSPS) is 12.5. The molecule has 3 rings (SSSR count). The van der Waals surface area contributed by atoms with Gasteiger partial charge in [0.1, 0.15) is 10.7 Å². The van der Waals surface area contributed by atoms with Gasteiger partial charge in [-0.3, -0.25) is 0 Å². The van der Waals surface area contributed by atoms with E-state index >= 15 is 0 Å². The fraction of sp³-hybridized carbons (Fsp3) is 0.294. The number of methoxy groups -OCH3 is 1. The fourth-order valence-electron chi connectivity index (χ4n) is 2.56. The molecule has 7 nitrogen and oxygen atoms in total. The third-order valence-corrected chi connectivity index (χ3v) is 6.96. The minimum atomic E-state index is -3.73. The molecule has 0 bridgehead atoms. The van der Waals surface area contributed by atoms with Crippen molar-refractivity contribution >= 4 is 32.8 Å². The molecule has 144 valence electrons. The first kappa shape index (κ1) is 19.4. The predicted molar refractivity (Wildman–Crippen MR) is 101 cm³/mol. The highest BCUT2D eigenvalue weighted by Crippen LogP contribution is 2.36. The first-order chi connectivity index (χ1) is 12.5. The number of fused-ring (bicyclic) bond motifs is 1. The Kier molecular flexibility index (Phi) is 4.55. The van der Waals surface area contributed by atoms with Gasteiger partial charge in [-0.25, -0.2) is 17.9 Å². The maximum absolute atomic E-state index is 14.4. The summed E-state index contributed by atoms with van der Waals surface area (Å²) in [6.07, 6.45) is 2.83. The van der Waals surface area contributed by atoms with E-state index in [1.807, 2.05) is 0 Å². The molecule has 27 heavy (non-hydrogen) atoms. The summed E-state index contributed by atoms with van der Waals surface area (Å²) in [7, 11) is -2.36. The maximum atomic E-state index is 14.4. The molecule has 0 unspecified atom stereocenters. The number of pyridine rings is 2. The summed E-state index contributed by atoms with van der Waals surface area (Å²) in [5.41, 5.74) is 6.28. The van der Waals surface area contributed by atoms with Crippen molar-refractivity contribution in [3.8, 4) is 16.9 Å². The van der Waals surface area contributed by atoms with Crippen molar-refractivity contribution in [1.82, 2.24) is 14.6 Å². The van der Waals surface area contributed by atoms with Crippen LogP contribution in [0.1, 0.15) is 20.8 Å². The Labute approximate surface area is 160 Å². The van der Waals surface area contributed by atoms with Gasteiger partial charge in [0.05, 0.1) is 34.8 Å². The van der Waals surface area contributed by atoms with Crippen LogP contribution in [-0.4, -0.2) is 34.9 Å². The van der Waals surface area contributed by atoms with E-state index in [2.05, 4.69) is 10.1 Å². The maximum Gasteiger partial charge on any atom is 0.222 e. The number of nitrogens with two attached hydrogens (primary N) is 1. The lowest BCUT2D eigenvalue weighted by molar-refractivity contribution is 0.398. The lowest BCUT2D eigenvalue weighted by atomic mass is 10.1. The van der Waals surface area contributed by atoms with Crippen molar-refractivity contribution in [3.05, 3.63) is 35.5 Å². The number of rotatable bonds is 3. The average molecular weight is 413 g/mol. The Morgan fingerprint density at radius 2 is 1.93 bits per heavy atom. The van der Waals surface area contributed by atoms with E-state index in [9.17, 15) is 12.8 Å². The molecule has 0 saturated heterocycles. The molecule has 0 amide bonds. The molecule has 3 heterocycles. The first-order valence-corrected chi connectivity index (χ1v) is 9.75. The van der Waals surface area contributed by atoms with Gasteiger partial charge in [0.2, 0.25) is 5.95 Å². The lowest BCUT2D eigenvalue weighted by Gasteiger charge is -2.21. The molecule has 0 spiro atoms. The van der Waals surface area contributed by atoms with E-state index in [1.54, 1.807) is 20.8 Å². The number of ether oxygens (including phenoxy) is 1. The SMILES string of the molecule is COc1cn2ncc(-c3cc(Cl)c(N)nc3F)c2cc1S(=O)(=O)C(C)(C)C. The van der Waals surface area contributed by atoms with Crippen LogP contribution in [0.15, 0.2) is 29.4 Å². The van der Waals surface area contributed by atoms with Crippen LogP contribution in [0.2, 0.25) is 5.02 Å². The molecule has 0 fully saturated rings. The summed E-state index contributed by atoms with van der Waals surface area (Å²) < 4.78 is 45.9. The summed E-state index contributed by atoms with van der Waals surface area (Å²) in [4.78, 5) is 3.57. The van der Waals surface area contributed by atoms with Gasteiger partial charge in [-0.15, -0.1) is 0 Å². The molecule has 0 radical (unpaired) electrons. The van der Waals surface area contributed by atoms with Gasteiger partial charge >= 0.3 is 0 Å². The average Bonchev–Trinajstić information content (AvgIpc) is 2.98. The Morgan fingerprint density at radius 1 is 1.26 bits per heavy atom. The van der Waals surface area contributed by atoms with Crippen LogP contribution in [0.25, 0.3) is 16.6 Å². The minimum absolute atomic E-state index is 0.0124. The molecule has 0 aliphatic carbocycles. The molecule has 0 atom stereocenters. The Bertz CT molecular complexity index is 1150. The number of nitrogens with zero attached hydrogens (tertiary/aromatic N) is 3. The molecule has 10 heteroatoms. The van der Waals surface area contributed by atoms with Gasteiger partial charge in [0, 0.05) is 11.1 Å². The highest BCUT2D eigenvalue weighted by molar-refractivity contribution is 7.92. The summed E-state index contributed by atoms with van der Waals surface area (Å²) in [6, 6.07) is 2.74. The number of hydrogen-bond acceptors (Lipinski definition) is 6. The zero-order valence-electron chi connectivity index (χ0n) is 15.1. The number of sulfone groups is 1. The Morgan fingerprint density at radius 3 is 2.52 bits per heavy atom. The molecule has 3 aromatic heterocycles. The standard InChI is InChI=1S/C17H18ClFN4O3S/c1-17(2,3)27(24,25)14-6-12-10(7-21-23(12)8-13(14)26-4)9-5-11(18)16(20)22-15(9)19/h5-8H,1-4H3,(H2,20,22). The van der Waals surface area contributed by atoms with E-state index in [4.69, 9.17) is 22.1 Å². The van der Waals surface area contributed by atoms with Gasteiger partial charge in [-0.05, 0) is 32.9 Å². The zero-order chi connectivity index (χ0) is 20.1. The molecular weight excluding hydrogens is 395 g/mol. The minimum Gasteiger partial charge on any atom is -0.494 e. The van der Waals surface area contributed by atoms with Gasteiger partial charge < -0.3 is 10.5 Å². The van der Waals surface area contributed by atoms with E-state index in [1.165, 1.54) is 36.2 Å². The van der Waals surface area contributed by atoms with Gasteiger partial charge in [0.25, 0.3) is 0 Å². The van der Waals surface area contributed by atoms with Crippen molar-refractivity contribution < 1.29 is 17.5 Å². The van der Waals surface area contributed by atoms with E-state index in [-0.39, 0.29) is 27.0 Å². The van der Waals surface area contributed by atoms with Crippen LogP contribution in [-0.2, 0) is 9.84 Å². The second-order valence-corrected chi connectivity index (χ2v) is 9.98. The quantitative estimate of drug-likeness (QED) is 0.662.